The summed E-state index contributed by atoms with van der Waals surface area (Å²) in [5.74, 6) is -14.8. The molecule has 0 unspecified atom stereocenters. The second kappa shape index (κ2) is 20.6. The average Bonchev–Trinajstić information content (AvgIpc) is 3.13. The van der Waals surface area contributed by atoms with Crippen LogP contribution in [0.15, 0.2) is 158 Å². The van der Waals surface area contributed by atoms with Gasteiger partial charge in [0.25, 0.3) is 0 Å². The van der Waals surface area contributed by atoms with Crippen molar-refractivity contribution in [3.8, 4) is 0 Å². The highest BCUT2D eigenvalue weighted by Gasteiger charge is 2.83. The van der Waals surface area contributed by atoms with Gasteiger partial charge in [0.15, 0.2) is 44.7 Å². The molecule has 0 N–H and O–H groups in total. The first-order valence-corrected chi connectivity index (χ1v) is 21.2. The first-order valence-electron chi connectivity index (χ1n) is 16.3. The molecular formula is C38H32F12O6S4. The molecular weight excluding hydrogens is 909 g/mol. The van der Waals surface area contributed by atoms with E-state index in [4.69, 9.17) is 13.0 Å². The fourth-order valence-electron chi connectivity index (χ4n) is 4.65. The van der Waals surface area contributed by atoms with E-state index in [1.807, 2.05) is 12.1 Å². The van der Waals surface area contributed by atoms with Gasteiger partial charge in [-0.25, -0.2) is 16.8 Å². The van der Waals surface area contributed by atoms with E-state index in [2.05, 4.69) is 142 Å². The summed E-state index contributed by atoms with van der Waals surface area (Å²) in [6.45, 7) is 6.65. The van der Waals surface area contributed by atoms with Crippen molar-refractivity contribution in [3.05, 3.63) is 150 Å². The van der Waals surface area contributed by atoms with Crippen LogP contribution in [0, 0.1) is 20.8 Å². The van der Waals surface area contributed by atoms with Crippen LogP contribution in [-0.2, 0) is 42.9 Å². The second-order valence-corrected chi connectivity index (χ2v) is 18.0. The zero-order chi connectivity index (χ0) is 46.0. The lowest BCUT2D eigenvalue weighted by molar-refractivity contribution is -0.382. The molecule has 0 aliphatic heterocycles. The Labute approximate surface area is 344 Å². The second-order valence-electron chi connectivity index (χ2n) is 12.0. The van der Waals surface area contributed by atoms with Crippen molar-refractivity contribution in [2.75, 3.05) is 0 Å². The Morgan fingerprint density at radius 3 is 1.05 bits per heavy atom. The lowest BCUT2D eigenvalue weighted by Crippen LogP contribution is -2.63. The highest BCUT2D eigenvalue weighted by atomic mass is 32.2. The normalized spacial score (nSPS) is 12.6. The van der Waals surface area contributed by atoms with Gasteiger partial charge in [-0.15, -0.1) is 0 Å². The standard InChI is InChI=1S/C21H21S.C12H10S.C4HF9O3S.CHF3O3S/c1-16-14-17(2)21(18(3)15-16)22(19-10-6-4-7-11-19)20-12-8-5-9-13-20;1-3-7-11(8-4-1)13-12-9-5-2-6-10-12;5-1(6,3(9,10)11)2(7,8)4(12,13)17(14,15)16;2-1(3,4)8(5,6)7/h4-15H,1-3H3;1-10H;(H,14,15,16);(H,5,6,7)/q+1;;;/p-1. The first kappa shape index (κ1) is 51.9. The number of benzene rings is 5. The summed E-state index contributed by atoms with van der Waals surface area (Å²) in [4.78, 5) is 6.90. The monoisotopic (exact) mass is 940 g/mol. The van der Waals surface area contributed by atoms with E-state index in [1.54, 1.807) is 0 Å². The Kier molecular flexibility index (Phi) is 17.8. The van der Waals surface area contributed by atoms with Crippen molar-refractivity contribution in [1.29, 1.82) is 0 Å². The van der Waals surface area contributed by atoms with Gasteiger partial charge >= 0.3 is 28.8 Å². The van der Waals surface area contributed by atoms with E-state index in [0.29, 0.717) is 0 Å². The maximum Gasteiger partial charge on any atom is 0.485 e. The van der Waals surface area contributed by atoms with Gasteiger partial charge < -0.3 is 9.11 Å². The number of hydrogen-bond acceptors (Lipinski definition) is 6. The van der Waals surface area contributed by atoms with Crippen LogP contribution in [0.2, 0.25) is 0 Å². The Morgan fingerprint density at radius 1 is 0.483 bits per heavy atom. The highest BCUT2D eigenvalue weighted by molar-refractivity contribution is 7.97. The molecule has 6 nitrogen and oxygen atoms in total. The van der Waals surface area contributed by atoms with Gasteiger partial charge in [-0.3, -0.25) is 0 Å². The highest BCUT2D eigenvalue weighted by Crippen LogP contribution is 2.54. The predicted octanol–water partition coefficient (Wildman–Crippen LogP) is 10.6. The fourth-order valence-corrected chi connectivity index (χ4v) is 8.39. The van der Waals surface area contributed by atoms with Gasteiger partial charge in [-0.1, -0.05) is 90.5 Å². The average molecular weight is 941 g/mol. The molecule has 60 heavy (non-hydrogen) atoms. The van der Waals surface area contributed by atoms with Crippen LogP contribution in [0.25, 0.3) is 0 Å². The summed E-state index contributed by atoms with van der Waals surface area (Å²) in [6, 6.07) is 47.3. The molecule has 5 aromatic rings. The third-order valence-corrected chi connectivity index (χ3v) is 12.4. The number of hydrogen-bond donors (Lipinski definition) is 0. The molecule has 0 aliphatic rings. The molecule has 328 valence electrons. The smallest absolute Gasteiger partial charge is 0.485 e. The summed E-state index contributed by atoms with van der Waals surface area (Å²) in [5.41, 5.74) is -1.54. The first-order chi connectivity index (χ1) is 27.4. The van der Waals surface area contributed by atoms with Gasteiger partial charge in [-0.2, -0.15) is 52.7 Å². The number of rotatable bonds is 8. The molecule has 0 fully saturated rings. The molecule has 0 radical (unpaired) electrons. The number of thiol groups is 1. The van der Waals surface area contributed by atoms with E-state index in [1.165, 1.54) is 52.9 Å². The Balaban J connectivity index is 0.000000292. The topological polar surface area (TPSA) is 114 Å². The van der Waals surface area contributed by atoms with E-state index in [9.17, 15) is 65.7 Å². The van der Waals surface area contributed by atoms with Crippen LogP contribution in [0.3, 0.4) is 0 Å². The van der Waals surface area contributed by atoms with Gasteiger partial charge in [0.1, 0.15) is 0 Å². The van der Waals surface area contributed by atoms with Crippen LogP contribution in [0.1, 0.15) is 16.7 Å². The molecule has 0 amide bonds. The number of alkyl halides is 12. The summed E-state index contributed by atoms with van der Waals surface area (Å²) in [7, 11) is -13.6. The van der Waals surface area contributed by atoms with E-state index in [-0.39, 0.29) is 10.9 Å². The minimum atomic E-state index is -7.43. The van der Waals surface area contributed by atoms with Crippen LogP contribution in [0.5, 0.6) is 0 Å². The fraction of sp³-hybridized carbons (Fsp3) is 0.211. The molecule has 0 saturated heterocycles. The molecule has 0 heterocycles. The minimum Gasteiger partial charge on any atom is -0.743 e. The third kappa shape index (κ3) is 13.6. The maximum absolute atomic E-state index is 12.2. The third-order valence-electron chi connectivity index (χ3n) is 7.25. The molecule has 0 spiro atoms. The van der Waals surface area contributed by atoms with Gasteiger partial charge in [-0.05, 0) is 69.3 Å². The summed E-state index contributed by atoms with van der Waals surface area (Å²) < 4.78 is 194. The molecule has 0 atom stereocenters. The lowest BCUT2D eigenvalue weighted by Gasteiger charge is -2.34. The van der Waals surface area contributed by atoms with Crippen molar-refractivity contribution in [2.24, 2.45) is 0 Å². The van der Waals surface area contributed by atoms with E-state index >= 15 is 0 Å². The molecule has 0 aromatic heterocycles. The zero-order valence-corrected chi connectivity index (χ0v) is 34.2. The molecule has 5 aromatic carbocycles. The van der Waals surface area contributed by atoms with Crippen molar-refractivity contribution in [1.82, 2.24) is 0 Å². The summed E-state index contributed by atoms with van der Waals surface area (Å²) in [6.07, 6.45) is -7.16. The largest absolute Gasteiger partial charge is 0.743 e. The Hall–Kier alpha value is -4.22. The van der Waals surface area contributed by atoms with Crippen molar-refractivity contribution in [3.63, 3.8) is 0 Å². The lowest BCUT2D eigenvalue weighted by atomic mass is 10.1. The summed E-state index contributed by atoms with van der Waals surface area (Å²) in [5, 5.41) is -7.11. The zero-order valence-electron chi connectivity index (χ0n) is 30.9. The van der Waals surface area contributed by atoms with Crippen molar-refractivity contribution in [2.45, 2.75) is 74.0 Å². The predicted molar refractivity (Wildman–Crippen MR) is 200 cm³/mol. The minimum absolute atomic E-state index is 0.0460. The molecule has 0 saturated carbocycles. The van der Waals surface area contributed by atoms with Gasteiger partial charge in [0.05, 0.1) is 10.9 Å². The SMILES string of the molecule is Cc1cc(C)c([S+](c2ccccc2)c2ccccc2)c(C)c1.O=S(=O)([O-])C(F)(F)C(F)(F)C(F)(F)C(F)(F)F.O=S(=O)([O-])C(F)(F)F.c1ccc([SH+]c2ccccc2)cc1. The Bertz CT molecular complexity index is 2230. The number of aryl methyl sites for hydroxylation is 3. The van der Waals surface area contributed by atoms with Crippen LogP contribution < -0.4 is 0 Å². The molecule has 5 rings (SSSR count). The summed E-state index contributed by atoms with van der Waals surface area (Å²) >= 11 is 1.28. The van der Waals surface area contributed by atoms with Crippen LogP contribution in [-0.4, -0.2) is 54.7 Å². The maximum atomic E-state index is 12.2. The van der Waals surface area contributed by atoms with Crippen LogP contribution in [0.4, 0.5) is 52.7 Å². The molecule has 0 aliphatic carbocycles. The van der Waals surface area contributed by atoms with Gasteiger partial charge in [0, 0.05) is 22.9 Å². The quantitative estimate of drug-likeness (QED) is 0.0503. The van der Waals surface area contributed by atoms with Crippen LogP contribution >= 0.6 is 0 Å². The van der Waals surface area contributed by atoms with E-state index in [0.717, 1.165) is 0 Å². The van der Waals surface area contributed by atoms with Crippen molar-refractivity contribution < 1.29 is 78.6 Å². The number of halogens is 12. The Morgan fingerprint density at radius 2 is 0.783 bits per heavy atom. The van der Waals surface area contributed by atoms with Crippen molar-refractivity contribution >= 4 is 42.9 Å². The van der Waals surface area contributed by atoms with Gasteiger partial charge in [0.2, 0.25) is 0 Å². The molecule has 0 bridgehead atoms. The van der Waals surface area contributed by atoms with E-state index < -0.39 is 49.0 Å². The molecule has 22 heteroatoms.